The number of aromatic nitrogens is 1. The van der Waals surface area contributed by atoms with Gasteiger partial charge in [0.15, 0.2) is 0 Å². The van der Waals surface area contributed by atoms with Gasteiger partial charge < -0.3 is 26.0 Å². The number of fused-ring (bicyclic) bond motifs is 1. The number of ether oxygens (including phenoxy) is 1. The second-order valence-corrected chi connectivity index (χ2v) is 11.6. The fourth-order valence-electron chi connectivity index (χ4n) is 5.99. The number of nitrogens with two attached hydrogens (primary N) is 1. The smallest absolute Gasteiger partial charge is 0.268 e. The van der Waals surface area contributed by atoms with Crippen molar-refractivity contribution >= 4 is 28.6 Å². The number of likely N-dealkylation sites (tertiary alicyclic amines) is 1. The van der Waals surface area contributed by atoms with Crippen LogP contribution in [0.2, 0.25) is 0 Å². The minimum Gasteiger partial charge on any atom is -0.492 e. The van der Waals surface area contributed by atoms with Crippen LogP contribution in [0.15, 0.2) is 54.7 Å². The minimum absolute atomic E-state index is 0.0368. The van der Waals surface area contributed by atoms with Crippen molar-refractivity contribution in [3.8, 4) is 22.9 Å². The number of carbonyl (C=O) groups excluding carboxylic acids is 3. The molecule has 5 rings (SSSR count). The number of rotatable bonds is 10. The second kappa shape index (κ2) is 14.0. The van der Waals surface area contributed by atoms with Crippen molar-refractivity contribution in [1.82, 2.24) is 20.5 Å². The number of benzene rings is 2. The van der Waals surface area contributed by atoms with Crippen LogP contribution in [0.5, 0.6) is 5.75 Å². The molecule has 1 saturated carbocycles. The molecule has 12 heteroatoms. The van der Waals surface area contributed by atoms with Gasteiger partial charge in [-0.05, 0) is 73.5 Å². The maximum absolute atomic E-state index is 13.7. The maximum Gasteiger partial charge on any atom is 0.268 e. The monoisotopic (exact) mass is 618 g/mol. The van der Waals surface area contributed by atoms with E-state index in [2.05, 4.69) is 15.6 Å². The molecule has 2 aliphatic rings. The predicted molar refractivity (Wildman–Crippen MR) is 163 cm³/mol. The largest absolute Gasteiger partial charge is 0.492 e. The number of hydrogen-bond acceptors (Lipinski definition) is 7. The molecular weight excluding hydrogens is 582 g/mol. The molecule has 0 unspecified atom stereocenters. The van der Waals surface area contributed by atoms with Gasteiger partial charge in [-0.15, -0.1) is 0 Å². The van der Waals surface area contributed by atoms with E-state index in [1.807, 2.05) is 36.4 Å². The van der Waals surface area contributed by atoms with Crippen molar-refractivity contribution in [2.45, 2.75) is 44.1 Å². The fraction of sp³-hybridized carbons (Fsp3) is 0.424. The summed E-state index contributed by atoms with van der Waals surface area (Å²) in [5, 5.41) is 15.1. The number of alkyl halides is 2. The number of nitrogens with zero attached hydrogens (tertiary/aromatic N) is 3. The van der Waals surface area contributed by atoms with E-state index >= 15 is 0 Å². The van der Waals surface area contributed by atoms with E-state index in [0.29, 0.717) is 42.3 Å². The van der Waals surface area contributed by atoms with Crippen LogP contribution in [0.4, 0.5) is 8.78 Å². The molecule has 4 N–H and O–H groups in total. The normalized spacial score (nSPS) is 20.8. The molecular formula is C33H36F2N6O4. The van der Waals surface area contributed by atoms with Crippen molar-refractivity contribution < 1.29 is 27.9 Å². The van der Waals surface area contributed by atoms with Gasteiger partial charge in [-0.2, -0.15) is 5.26 Å². The first-order valence-corrected chi connectivity index (χ1v) is 15.1. The number of halogens is 2. The molecule has 45 heavy (non-hydrogen) atoms. The fourth-order valence-corrected chi connectivity index (χ4v) is 5.99. The number of amides is 3. The average molecular weight is 619 g/mol. The molecule has 2 aromatic carbocycles. The summed E-state index contributed by atoms with van der Waals surface area (Å²) >= 11 is 0. The summed E-state index contributed by atoms with van der Waals surface area (Å²) < 4.78 is 33.3. The molecule has 0 bridgehead atoms. The molecule has 1 saturated heterocycles. The van der Waals surface area contributed by atoms with Gasteiger partial charge in [0.25, 0.3) is 11.8 Å². The first kappa shape index (κ1) is 31.8. The van der Waals surface area contributed by atoms with Crippen LogP contribution in [-0.2, 0) is 9.59 Å². The highest BCUT2D eigenvalue weighted by molar-refractivity contribution is 6.07. The summed E-state index contributed by atoms with van der Waals surface area (Å²) in [6.07, 6.45) is 4.49. The highest BCUT2D eigenvalue weighted by atomic mass is 19.3. The van der Waals surface area contributed by atoms with E-state index in [0.717, 1.165) is 41.7 Å². The van der Waals surface area contributed by atoms with E-state index in [-0.39, 0.29) is 17.4 Å². The minimum atomic E-state index is -3.13. The van der Waals surface area contributed by atoms with Gasteiger partial charge in [-0.1, -0.05) is 24.3 Å². The molecule has 3 amide bonds. The van der Waals surface area contributed by atoms with E-state index < -0.39 is 43.3 Å². The number of nitriles is 1. The Hall–Kier alpha value is -4.63. The van der Waals surface area contributed by atoms with Gasteiger partial charge in [-0.25, -0.2) is 8.78 Å². The standard InChI is InChI=1S/C33H36F2N6O4/c34-33(35)16-25(18-37)41(20-33)30(42)19-40-32(44)28-10-11-38-29-15-24(8-9-27(28)29)23-2-1-3-26(14-23)45-13-12-39-31(43)22-6-4-21(17-36)5-7-22/h1-3,8-11,14-15,21-22,25H,4-7,12-13,16-17,19-20,36H2,(H,39,43)(H,40,44)/t21?,22?,25-/m0/s1. The quantitative estimate of drug-likeness (QED) is 0.294. The Kier molecular flexibility index (Phi) is 9.88. The van der Waals surface area contributed by atoms with E-state index in [1.54, 1.807) is 12.1 Å². The Labute approximate surface area is 259 Å². The van der Waals surface area contributed by atoms with Gasteiger partial charge in [0.2, 0.25) is 11.8 Å². The van der Waals surface area contributed by atoms with Crippen LogP contribution >= 0.6 is 0 Å². The number of hydrogen-bond donors (Lipinski definition) is 3. The molecule has 1 atom stereocenters. The van der Waals surface area contributed by atoms with Gasteiger partial charge >= 0.3 is 0 Å². The van der Waals surface area contributed by atoms with Crippen LogP contribution in [0, 0.1) is 23.2 Å². The van der Waals surface area contributed by atoms with Gasteiger partial charge in [-0.3, -0.25) is 19.4 Å². The molecule has 0 radical (unpaired) electrons. The van der Waals surface area contributed by atoms with Crippen LogP contribution in [0.3, 0.4) is 0 Å². The third-order valence-corrected chi connectivity index (χ3v) is 8.52. The van der Waals surface area contributed by atoms with Crippen LogP contribution in [0.1, 0.15) is 42.5 Å². The lowest BCUT2D eigenvalue weighted by molar-refractivity contribution is -0.131. The molecule has 3 aromatic rings. The number of pyridine rings is 1. The van der Waals surface area contributed by atoms with Crippen LogP contribution in [0.25, 0.3) is 22.0 Å². The third kappa shape index (κ3) is 7.72. The van der Waals surface area contributed by atoms with Gasteiger partial charge in [0, 0.05) is 23.9 Å². The zero-order valence-electron chi connectivity index (χ0n) is 24.8. The Morgan fingerprint density at radius 1 is 1.07 bits per heavy atom. The van der Waals surface area contributed by atoms with Gasteiger partial charge in [0.1, 0.15) is 18.4 Å². The molecule has 0 spiro atoms. The summed E-state index contributed by atoms with van der Waals surface area (Å²) in [4.78, 5) is 43.2. The second-order valence-electron chi connectivity index (χ2n) is 11.6. The predicted octanol–water partition coefficient (Wildman–Crippen LogP) is 3.65. The van der Waals surface area contributed by atoms with Crippen molar-refractivity contribution in [2.24, 2.45) is 17.6 Å². The van der Waals surface area contributed by atoms with Crippen LogP contribution < -0.4 is 21.1 Å². The summed E-state index contributed by atoms with van der Waals surface area (Å²) in [7, 11) is 0. The Morgan fingerprint density at radius 3 is 2.60 bits per heavy atom. The zero-order valence-corrected chi connectivity index (χ0v) is 24.8. The summed E-state index contributed by atoms with van der Waals surface area (Å²) in [6.45, 7) is 0.0462. The summed E-state index contributed by atoms with van der Waals surface area (Å²) in [6, 6.07) is 15.0. The molecule has 1 aliphatic heterocycles. The SMILES string of the molecule is N#C[C@@H]1CC(F)(F)CN1C(=O)CNC(=O)c1ccnc2cc(-c3cccc(OCCNC(=O)C4CCC(CN)CC4)c3)ccc12. The topological polar surface area (TPSA) is 150 Å². The Bertz CT molecular complexity index is 1600. The summed E-state index contributed by atoms with van der Waals surface area (Å²) in [5.41, 5.74) is 8.27. The lowest BCUT2D eigenvalue weighted by Gasteiger charge is -2.26. The van der Waals surface area contributed by atoms with E-state index in [1.165, 1.54) is 12.3 Å². The molecule has 10 nitrogen and oxygen atoms in total. The number of nitrogens with one attached hydrogen (secondary N) is 2. The molecule has 1 aromatic heterocycles. The van der Waals surface area contributed by atoms with Crippen molar-refractivity contribution in [3.05, 3.63) is 60.3 Å². The molecule has 2 heterocycles. The first-order chi connectivity index (χ1) is 21.7. The van der Waals surface area contributed by atoms with Crippen LogP contribution in [-0.4, -0.2) is 72.4 Å². The lowest BCUT2D eigenvalue weighted by atomic mass is 9.81. The Morgan fingerprint density at radius 2 is 1.84 bits per heavy atom. The third-order valence-electron chi connectivity index (χ3n) is 8.52. The Balaban J connectivity index is 1.17. The zero-order chi connectivity index (χ0) is 32.0. The van der Waals surface area contributed by atoms with E-state index in [9.17, 15) is 23.2 Å². The van der Waals surface area contributed by atoms with Crippen molar-refractivity contribution in [1.29, 1.82) is 5.26 Å². The van der Waals surface area contributed by atoms with Crippen molar-refractivity contribution in [3.63, 3.8) is 0 Å². The van der Waals surface area contributed by atoms with Gasteiger partial charge in [0.05, 0.1) is 36.8 Å². The highest BCUT2D eigenvalue weighted by Gasteiger charge is 2.47. The summed E-state index contributed by atoms with van der Waals surface area (Å²) in [5.74, 6) is -3.17. The molecule has 236 valence electrons. The average Bonchev–Trinajstić information content (AvgIpc) is 3.39. The highest BCUT2D eigenvalue weighted by Crippen LogP contribution is 2.32. The molecule has 2 fully saturated rings. The first-order valence-electron chi connectivity index (χ1n) is 15.1. The maximum atomic E-state index is 13.7. The molecule has 1 aliphatic carbocycles. The number of carbonyl (C=O) groups is 3. The van der Waals surface area contributed by atoms with Crippen molar-refractivity contribution in [2.75, 3.05) is 32.8 Å². The lowest BCUT2D eigenvalue weighted by Crippen LogP contribution is -2.43. The van der Waals surface area contributed by atoms with E-state index in [4.69, 9.17) is 15.7 Å².